The van der Waals surface area contributed by atoms with Crippen molar-refractivity contribution in [2.75, 3.05) is 33.4 Å². The molecule has 2 aromatic heterocycles. The van der Waals surface area contributed by atoms with Crippen LogP contribution in [0.2, 0.25) is 0 Å². The molecule has 0 aliphatic rings. The first-order chi connectivity index (χ1) is 10.7. The number of nitrogens with zero attached hydrogens (tertiary/aromatic N) is 3. The van der Waals surface area contributed by atoms with Gasteiger partial charge in [0.2, 0.25) is 0 Å². The second-order valence-corrected chi connectivity index (χ2v) is 5.50. The second-order valence-electron chi connectivity index (χ2n) is 4.50. The first-order valence-electron chi connectivity index (χ1n) is 6.95. The summed E-state index contributed by atoms with van der Waals surface area (Å²) in [4.78, 5) is 25.4. The first kappa shape index (κ1) is 16.5. The van der Waals surface area contributed by atoms with Crippen molar-refractivity contribution in [1.82, 2.24) is 25.6 Å². The minimum Gasteiger partial charge on any atom is -0.383 e. The number of carbonyl (C=O) groups excluding carboxylic acids is 1. The Morgan fingerprint density at radius 1 is 1.27 bits per heavy atom. The number of rotatable bonds is 8. The summed E-state index contributed by atoms with van der Waals surface area (Å²) in [5.74, 6) is 0.418. The van der Waals surface area contributed by atoms with Crippen LogP contribution in [0.3, 0.4) is 0 Å². The second kappa shape index (κ2) is 8.52. The molecule has 7 nitrogen and oxygen atoms in total. The number of hydrogen-bond acceptors (Lipinski definition) is 7. The van der Waals surface area contributed by atoms with Crippen LogP contribution < -0.4 is 10.6 Å². The molecule has 0 aliphatic heterocycles. The highest BCUT2D eigenvalue weighted by Gasteiger charge is 2.16. The Morgan fingerprint density at radius 3 is 2.77 bits per heavy atom. The third-order valence-corrected chi connectivity index (χ3v) is 3.98. The van der Waals surface area contributed by atoms with Crippen molar-refractivity contribution in [3.8, 4) is 10.8 Å². The highest BCUT2D eigenvalue weighted by atomic mass is 32.1. The first-order valence-corrected chi connectivity index (χ1v) is 7.76. The Bertz CT molecular complexity index is 603. The molecule has 0 saturated carbocycles. The van der Waals surface area contributed by atoms with Crippen molar-refractivity contribution in [3.63, 3.8) is 0 Å². The van der Waals surface area contributed by atoms with Gasteiger partial charge in [-0.1, -0.05) is 0 Å². The van der Waals surface area contributed by atoms with E-state index in [9.17, 15) is 4.79 Å². The molecule has 0 spiro atoms. The fourth-order valence-electron chi connectivity index (χ4n) is 1.76. The van der Waals surface area contributed by atoms with Gasteiger partial charge < -0.3 is 15.4 Å². The number of carbonyl (C=O) groups is 1. The molecule has 22 heavy (non-hydrogen) atoms. The Morgan fingerprint density at radius 2 is 2.05 bits per heavy atom. The lowest BCUT2D eigenvalue weighted by molar-refractivity contribution is 0.0957. The van der Waals surface area contributed by atoms with E-state index in [1.54, 1.807) is 25.6 Å². The number of aromatic nitrogens is 3. The number of nitrogens with one attached hydrogen (secondary N) is 2. The molecule has 0 saturated heterocycles. The van der Waals surface area contributed by atoms with Gasteiger partial charge in [0, 0.05) is 39.1 Å². The van der Waals surface area contributed by atoms with Crippen LogP contribution in [0.4, 0.5) is 0 Å². The predicted molar refractivity (Wildman–Crippen MR) is 85.0 cm³/mol. The quantitative estimate of drug-likeness (QED) is 0.702. The lowest BCUT2D eigenvalue weighted by Gasteiger charge is -2.05. The van der Waals surface area contributed by atoms with Crippen molar-refractivity contribution in [1.29, 1.82) is 0 Å². The van der Waals surface area contributed by atoms with E-state index in [4.69, 9.17) is 4.74 Å². The van der Waals surface area contributed by atoms with Crippen molar-refractivity contribution in [2.24, 2.45) is 0 Å². The van der Waals surface area contributed by atoms with Gasteiger partial charge in [0.1, 0.15) is 4.88 Å². The average molecular weight is 321 g/mol. The topological polar surface area (TPSA) is 89.0 Å². The number of hydrogen-bond donors (Lipinski definition) is 2. The SMILES string of the molecule is COCCNCCNC(=O)c1sc(-c2ncccn2)nc1C. The van der Waals surface area contributed by atoms with Crippen LogP contribution in [0.5, 0.6) is 0 Å². The lowest BCUT2D eigenvalue weighted by Crippen LogP contribution is -2.33. The molecule has 1 amide bonds. The van der Waals surface area contributed by atoms with E-state index < -0.39 is 0 Å². The van der Waals surface area contributed by atoms with E-state index in [2.05, 4.69) is 25.6 Å². The normalized spacial score (nSPS) is 10.6. The Balaban J connectivity index is 1.89. The van der Waals surface area contributed by atoms with Gasteiger partial charge in [-0.05, 0) is 13.0 Å². The van der Waals surface area contributed by atoms with Gasteiger partial charge >= 0.3 is 0 Å². The van der Waals surface area contributed by atoms with Gasteiger partial charge in [0.15, 0.2) is 10.8 Å². The third-order valence-electron chi connectivity index (χ3n) is 2.83. The maximum Gasteiger partial charge on any atom is 0.263 e. The van der Waals surface area contributed by atoms with Crippen molar-refractivity contribution in [3.05, 3.63) is 29.0 Å². The Kier molecular flexibility index (Phi) is 6.38. The van der Waals surface area contributed by atoms with E-state index in [-0.39, 0.29) is 5.91 Å². The zero-order valence-electron chi connectivity index (χ0n) is 12.6. The highest BCUT2D eigenvalue weighted by Crippen LogP contribution is 2.24. The van der Waals surface area contributed by atoms with E-state index >= 15 is 0 Å². The summed E-state index contributed by atoms with van der Waals surface area (Å²) in [7, 11) is 1.66. The van der Waals surface area contributed by atoms with Crippen molar-refractivity contribution >= 4 is 17.2 Å². The van der Waals surface area contributed by atoms with Crippen molar-refractivity contribution < 1.29 is 9.53 Å². The highest BCUT2D eigenvalue weighted by molar-refractivity contribution is 7.17. The number of thiazole rings is 1. The molecule has 0 bridgehead atoms. The van der Waals surface area contributed by atoms with E-state index in [1.165, 1.54) is 11.3 Å². The lowest BCUT2D eigenvalue weighted by atomic mass is 10.3. The van der Waals surface area contributed by atoms with E-state index in [0.29, 0.717) is 41.1 Å². The van der Waals surface area contributed by atoms with Gasteiger partial charge in [-0.15, -0.1) is 11.3 Å². The zero-order chi connectivity index (χ0) is 15.8. The summed E-state index contributed by atoms with van der Waals surface area (Å²) in [6.45, 7) is 4.48. The molecular formula is C14H19N5O2S. The molecule has 0 radical (unpaired) electrons. The molecule has 2 rings (SSSR count). The van der Waals surface area contributed by atoms with Gasteiger partial charge in [0.05, 0.1) is 12.3 Å². The van der Waals surface area contributed by atoms with Crippen LogP contribution in [-0.4, -0.2) is 54.2 Å². The number of ether oxygens (including phenoxy) is 1. The standard InChI is InChI=1S/C14H19N5O2S/c1-10-11(13(20)18-7-6-15-8-9-21-2)22-14(19-10)12-16-4-3-5-17-12/h3-5,15H,6-9H2,1-2H3,(H,18,20). The van der Waals surface area contributed by atoms with Crippen LogP contribution in [0.1, 0.15) is 15.4 Å². The third kappa shape index (κ3) is 4.55. The monoisotopic (exact) mass is 321 g/mol. The summed E-state index contributed by atoms with van der Waals surface area (Å²) >= 11 is 1.30. The maximum atomic E-state index is 12.2. The van der Waals surface area contributed by atoms with Crippen LogP contribution >= 0.6 is 11.3 Å². The fraction of sp³-hybridized carbons (Fsp3) is 0.429. The molecule has 0 fully saturated rings. The van der Waals surface area contributed by atoms with E-state index in [0.717, 1.165) is 6.54 Å². The Hall–Kier alpha value is -1.90. The van der Waals surface area contributed by atoms with Crippen LogP contribution in [-0.2, 0) is 4.74 Å². The molecular weight excluding hydrogens is 302 g/mol. The summed E-state index contributed by atoms with van der Waals surface area (Å²) in [5.41, 5.74) is 0.692. The van der Waals surface area contributed by atoms with Gasteiger partial charge in [-0.2, -0.15) is 0 Å². The molecule has 0 atom stereocenters. The largest absolute Gasteiger partial charge is 0.383 e. The Labute approximate surface area is 133 Å². The van der Waals surface area contributed by atoms with Crippen molar-refractivity contribution in [2.45, 2.75) is 6.92 Å². The van der Waals surface area contributed by atoms with Crippen LogP contribution in [0, 0.1) is 6.92 Å². The van der Waals surface area contributed by atoms with Gasteiger partial charge in [0.25, 0.3) is 5.91 Å². The smallest absolute Gasteiger partial charge is 0.263 e. The van der Waals surface area contributed by atoms with Gasteiger partial charge in [-0.25, -0.2) is 15.0 Å². The van der Waals surface area contributed by atoms with Crippen LogP contribution in [0.15, 0.2) is 18.5 Å². The minimum absolute atomic E-state index is 0.120. The van der Waals surface area contributed by atoms with Gasteiger partial charge in [-0.3, -0.25) is 4.79 Å². The summed E-state index contributed by atoms with van der Waals surface area (Å²) < 4.78 is 4.93. The van der Waals surface area contributed by atoms with Crippen LogP contribution in [0.25, 0.3) is 10.8 Å². The minimum atomic E-state index is -0.120. The molecule has 0 aliphatic carbocycles. The summed E-state index contributed by atoms with van der Waals surface area (Å²) in [6.07, 6.45) is 3.31. The molecule has 118 valence electrons. The molecule has 8 heteroatoms. The number of methoxy groups -OCH3 is 1. The summed E-state index contributed by atoms with van der Waals surface area (Å²) in [5, 5.41) is 6.69. The molecule has 2 aromatic rings. The molecule has 0 aromatic carbocycles. The molecule has 0 unspecified atom stereocenters. The van der Waals surface area contributed by atoms with E-state index in [1.807, 2.05) is 6.92 Å². The molecule has 2 heterocycles. The zero-order valence-corrected chi connectivity index (χ0v) is 13.4. The fourth-order valence-corrected chi connectivity index (χ4v) is 2.69. The predicted octanol–water partition coefficient (Wildman–Crippen LogP) is 0.874. The summed E-state index contributed by atoms with van der Waals surface area (Å²) in [6, 6.07) is 1.74. The molecule has 2 N–H and O–H groups in total. The maximum absolute atomic E-state index is 12.2. The number of aryl methyl sites for hydroxylation is 1. The number of amides is 1. The average Bonchev–Trinajstić information content (AvgIpc) is 2.93.